The molecule has 2 nitrogen and oxygen atoms in total. The first-order chi connectivity index (χ1) is 8.63. The molecule has 1 aliphatic heterocycles. The van der Waals surface area contributed by atoms with Crippen molar-refractivity contribution in [2.45, 2.75) is 33.1 Å². The zero-order chi connectivity index (χ0) is 13.1. The van der Waals surface area contributed by atoms with Gasteiger partial charge in [-0.15, -0.1) is 0 Å². The maximum Gasteiger partial charge on any atom is 0.121 e. The van der Waals surface area contributed by atoms with Crippen molar-refractivity contribution in [3.63, 3.8) is 0 Å². The lowest BCUT2D eigenvalue weighted by Gasteiger charge is -2.35. The molecule has 0 radical (unpaired) electrons. The van der Waals surface area contributed by atoms with Gasteiger partial charge < -0.3 is 10.1 Å². The highest BCUT2D eigenvalue weighted by Gasteiger charge is 2.28. The lowest BCUT2D eigenvalue weighted by Crippen LogP contribution is -2.38. The summed E-state index contributed by atoms with van der Waals surface area (Å²) < 4.78 is 5.35. The van der Waals surface area contributed by atoms with Gasteiger partial charge in [0, 0.05) is 0 Å². The molecule has 100 valence electrons. The van der Waals surface area contributed by atoms with E-state index in [1.165, 1.54) is 17.5 Å². The van der Waals surface area contributed by atoms with E-state index >= 15 is 0 Å². The minimum atomic E-state index is 0.691. The monoisotopic (exact) mass is 247 g/mol. The highest BCUT2D eigenvalue weighted by atomic mass is 16.5. The largest absolute Gasteiger partial charge is 0.496 e. The van der Waals surface area contributed by atoms with E-state index < -0.39 is 0 Å². The van der Waals surface area contributed by atoms with Gasteiger partial charge in [-0.25, -0.2) is 0 Å². The summed E-state index contributed by atoms with van der Waals surface area (Å²) in [7, 11) is 1.74. The van der Waals surface area contributed by atoms with E-state index in [2.05, 4.69) is 44.3 Å². The van der Waals surface area contributed by atoms with E-state index in [1.54, 1.807) is 7.11 Å². The molecule has 1 heterocycles. The molecule has 1 aromatic carbocycles. The first kappa shape index (κ1) is 13.4. The first-order valence-electron chi connectivity index (χ1n) is 6.98. The van der Waals surface area contributed by atoms with Gasteiger partial charge in [0.05, 0.1) is 7.11 Å². The van der Waals surface area contributed by atoms with E-state index in [-0.39, 0.29) is 0 Å². The molecule has 0 aliphatic carbocycles. The average Bonchev–Trinajstić information content (AvgIpc) is 2.38. The van der Waals surface area contributed by atoms with Crippen molar-refractivity contribution in [3.05, 3.63) is 29.3 Å². The number of aryl methyl sites for hydroxylation is 1. The lowest BCUT2D eigenvalue weighted by atomic mass is 9.75. The van der Waals surface area contributed by atoms with Gasteiger partial charge in [0.15, 0.2) is 0 Å². The second kappa shape index (κ2) is 5.75. The van der Waals surface area contributed by atoms with Crippen LogP contribution < -0.4 is 10.1 Å². The van der Waals surface area contributed by atoms with Crippen LogP contribution in [0.3, 0.4) is 0 Å². The highest BCUT2D eigenvalue weighted by molar-refractivity contribution is 5.38. The van der Waals surface area contributed by atoms with Gasteiger partial charge in [-0.3, -0.25) is 0 Å². The molecule has 1 aliphatic rings. The van der Waals surface area contributed by atoms with Crippen molar-refractivity contribution >= 4 is 0 Å². The quantitative estimate of drug-likeness (QED) is 0.884. The van der Waals surface area contributed by atoms with Crippen LogP contribution in [0.25, 0.3) is 0 Å². The van der Waals surface area contributed by atoms with Gasteiger partial charge in [-0.1, -0.05) is 26.0 Å². The normalized spacial score (nSPS) is 24.3. The molecule has 0 bridgehead atoms. The smallest absolute Gasteiger partial charge is 0.121 e. The molecular weight excluding hydrogens is 222 g/mol. The predicted octanol–water partition coefficient (Wildman–Crippen LogP) is 3.35. The van der Waals surface area contributed by atoms with Crippen molar-refractivity contribution in [2.24, 2.45) is 11.8 Å². The van der Waals surface area contributed by atoms with Crippen molar-refractivity contribution in [1.29, 1.82) is 0 Å². The Morgan fingerprint density at radius 3 is 2.72 bits per heavy atom. The third-order valence-corrected chi connectivity index (χ3v) is 4.23. The molecule has 1 fully saturated rings. The van der Waals surface area contributed by atoms with Crippen LogP contribution in [0.4, 0.5) is 0 Å². The molecule has 2 heteroatoms. The Balaban J connectivity index is 2.25. The number of hydrogen-bond acceptors (Lipinski definition) is 2. The summed E-state index contributed by atoms with van der Waals surface area (Å²) in [6, 6.07) is 6.67. The minimum Gasteiger partial charge on any atom is -0.496 e. The molecule has 1 N–H and O–H groups in total. The van der Waals surface area contributed by atoms with Crippen LogP contribution in [-0.2, 0) is 0 Å². The Morgan fingerprint density at radius 2 is 2.11 bits per heavy atom. The van der Waals surface area contributed by atoms with Crippen LogP contribution in [0.15, 0.2) is 18.2 Å². The molecule has 0 spiro atoms. The van der Waals surface area contributed by atoms with E-state index in [0.29, 0.717) is 5.92 Å². The van der Waals surface area contributed by atoms with Crippen molar-refractivity contribution in [3.8, 4) is 5.75 Å². The SMILES string of the molecule is COc1ccc(C2CCNCC2C(C)C)cc1C. The predicted molar refractivity (Wildman–Crippen MR) is 76.3 cm³/mol. The summed E-state index contributed by atoms with van der Waals surface area (Å²) in [5, 5.41) is 3.53. The second-order valence-electron chi connectivity index (χ2n) is 5.74. The van der Waals surface area contributed by atoms with Crippen LogP contribution in [0, 0.1) is 18.8 Å². The summed E-state index contributed by atoms with van der Waals surface area (Å²) >= 11 is 0. The summed E-state index contributed by atoms with van der Waals surface area (Å²) in [5.74, 6) is 3.15. The maximum absolute atomic E-state index is 5.35. The van der Waals surface area contributed by atoms with Gasteiger partial charge >= 0.3 is 0 Å². The van der Waals surface area contributed by atoms with Crippen LogP contribution in [0.1, 0.15) is 37.3 Å². The molecule has 1 aromatic rings. The molecule has 2 unspecified atom stereocenters. The van der Waals surface area contributed by atoms with E-state index in [1.807, 2.05) is 0 Å². The van der Waals surface area contributed by atoms with Crippen LogP contribution in [0.5, 0.6) is 5.75 Å². The fraction of sp³-hybridized carbons (Fsp3) is 0.625. The van der Waals surface area contributed by atoms with Gasteiger partial charge in [-0.2, -0.15) is 0 Å². The second-order valence-corrected chi connectivity index (χ2v) is 5.74. The van der Waals surface area contributed by atoms with Crippen LogP contribution >= 0.6 is 0 Å². The number of rotatable bonds is 3. The fourth-order valence-electron chi connectivity index (χ4n) is 3.13. The zero-order valence-corrected chi connectivity index (χ0v) is 12.0. The topological polar surface area (TPSA) is 21.3 Å². The standard InChI is InChI=1S/C16H25NO/c1-11(2)15-10-17-8-7-14(15)13-5-6-16(18-4)12(3)9-13/h5-6,9,11,14-15,17H,7-8,10H2,1-4H3. The van der Waals surface area contributed by atoms with E-state index in [0.717, 1.165) is 30.7 Å². The molecule has 0 aromatic heterocycles. The summed E-state index contributed by atoms with van der Waals surface area (Å²) in [6.45, 7) is 9.09. The number of piperidine rings is 1. The van der Waals surface area contributed by atoms with Crippen molar-refractivity contribution in [1.82, 2.24) is 5.32 Å². The molecule has 18 heavy (non-hydrogen) atoms. The van der Waals surface area contributed by atoms with E-state index in [9.17, 15) is 0 Å². The summed E-state index contributed by atoms with van der Waals surface area (Å²) in [4.78, 5) is 0. The summed E-state index contributed by atoms with van der Waals surface area (Å²) in [5.41, 5.74) is 2.73. The minimum absolute atomic E-state index is 0.691. The molecule has 2 atom stereocenters. The fourth-order valence-corrected chi connectivity index (χ4v) is 3.13. The Bertz CT molecular complexity index is 400. The third kappa shape index (κ3) is 2.69. The van der Waals surface area contributed by atoms with Crippen molar-refractivity contribution < 1.29 is 4.74 Å². The number of benzene rings is 1. The first-order valence-corrected chi connectivity index (χ1v) is 6.98. The molecular formula is C16H25NO. The highest BCUT2D eigenvalue weighted by Crippen LogP contribution is 2.36. The summed E-state index contributed by atoms with van der Waals surface area (Å²) in [6.07, 6.45) is 1.24. The van der Waals surface area contributed by atoms with Gasteiger partial charge in [-0.05, 0) is 61.4 Å². The maximum atomic E-state index is 5.35. The Labute approximate surface area is 111 Å². The van der Waals surface area contributed by atoms with Crippen molar-refractivity contribution in [2.75, 3.05) is 20.2 Å². The number of methoxy groups -OCH3 is 1. The number of hydrogen-bond donors (Lipinski definition) is 1. The van der Waals surface area contributed by atoms with Crippen LogP contribution in [0.2, 0.25) is 0 Å². The zero-order valence-electron chi connectivity index (χ0n) is 12.0. The molecule has 1 saturated heterocycles. The Hall–Kier alpha value is -1.02. The number of nitrogens with one attached hydrogen (secondary N) is 1. The molecule has 0 amide bonds. The number of ether oxygens (including phenoxy) is 1. The third-order valence-electron chi connectivity index (χ3n) is 4.23. The van der Waals surface area contributed by atoms with Gasteiger partial charge in [0.25, 0.3) is 0 Å². The lowest BCUT2D eigenvalue weighted by molar-refractivity contribution is 0.255. The van der Waals surface area contributed by atoms with E-state index in [4.69, 9.17) is 4.74 Å². The molecule has 0 saturated carbocycles. The van der Waals surface area contributed by atoms with Gasteiger partial charge in [0.1, 0.15) is 5.75 Å². The van der Waals surface area contributed by atoms with Crippen LogP contribution in [-0.4, -0.2) is 20.2 Å². The Kier molecular flexibility index (Phi) is 4.28. The average molecular weight is 247 g/mol. The molecule has 2 rings (SSSR count). The van der Waals surface area contributed by atoms with Gasteiger partial charge in [0.2, 0.25) is 0 Å². The Morgan fingerprint density at radius 1 is 1.33 bits per heavy atom.